The molecule has 0 saturated carbocycles. The van der Waals surface area contributed by atoms with Crippen LogP contribution in [-0.4, -0.2) is 24.3 Å². The summed E-state index contributed by atoms with van der Waals surface area (Å²) in [5.74, 6) is 0. The van der Waals surface area contributed by atoms with E-state index in [4.69, 9.17) is 16.6 Å². The van der Waals surface area contributed by atoms with Crippen LogP contribution in [0.4, 0.5) is 4.79 Å². The Hall–Kier alpha value is -0.480. The summed E-state index contributed by atoms with van der Waals surface area (Å²) in [6.45, 7) is 2.37. The molecular formula is C5H11ClN2O2. The van der Waals surface area contributed by atoms with Crippen LogP contribution in [0.1, 0.15) is 13.3 Å². The van der Waals surface area contributed by atoms with Crippen LogP contribution in [0.3, 0.4) is 0 Å². The highest BCUT2D eigenvalue weighted by molar-refractivity contribution is 6.19. The van der Waals surface area contributed by atoms with E-state index in [2.05, 4.69) is 5.32 Å². The van der Waals surface area contributed by atoms with Gasteiger partial charge in [-0.2, -0.15) is 0 Å². The summed E-state index contributed by atoms with van der Waals surface area (Å²) in [5, 5.41) is 2.30. The summed E-state index contributed by atoms with van der Waals surface area (Å²) in [5.41, 5.74) is 0. The fourth-order valence-corrected chi connectivity index (χ4v) is 0.471. The van der Waals surface area contributed by atoms with Gasteiger partial charge in [-0.15, -0.1) is 4.58 Å². The molecule has 10 heavy (non-hydrogen) atoms. The molecule has 0 aromatic heterocycles. The predicted molar refractivity (Wildman–Crippen MR) is 38.4 cm³/mol. The molecule has 0 atom stereocenters. The normalized spacial score (nSPS) is 9.10. The smallest absolute Gasteiger partial charge is 0.338 e. The number of rotatable bonds is 3. The highest BCUT2D eigenvalue weighted by Crippen LogP contribution is 1.96. The molecule has 0 radical (unpaired) electrons. The monoisotopic (exact) mass is 166 g/mol. The van der Waals surface area contributed by atoms with E-state index >= 15 is 0 Å². The molecule has 0 saturated heterocycles. The van der Waals surface area contributed by atoms with Crippen molar-refractivity contribution in [1.82, 2.24) is 9.90 Å². The molecule has 60 valence electrons. The zero-order chi connectivity index (χ0) is 7.98. The molecule has 0 aromatic carbocycles. The number of nitrogens with one attached hydrogen (secondary N) is 1. The highest BCUT2D eigenvalue weighted by Gasteiger charge is 2.07. The first-order valence-corrected chi connectivity index (χ1v) is 3.36. The SMILES string of the molecule is CCCON(Cl)C(=O)NC. The van der Waals surface area contributed by atoms with Crippen LogP contribution >= 0.6 is 11.8 Å². The Morgan fingerprint density at radius 2 is 2.40 bits per heavy atom. The number of hydrogen-bond donors (Lipinski definition) is 1. The summed E-state index contributed by atoms with van der Waals surface area (Å²) < 4.78 is 0.656. The second-order valence-electron chi connectivity index (χ2n) is 1.63. The van der Waals surface area contributed by atoms with E-state index in [0.29, 0.717) is 11.2 Å². The van der Waals surface area contributed by atoms with Gasteiger partial charge in [-0.3, -0.25) is 4.84 Å². The van der Waals surface area contributed by atoms with E-state index in [1.807, 2.05) is 6.92 Å². The van der Waals surface area contributed by atoms with Gasteiger partial charge in [0.25, 0.3) is 0 Å². The van der Waals surface area contributed by atoms with Gasteiger partial charge in [-0.25, -0.2) is 4.79 Å². The standard InChI is InChI=1S/C5H11ClN2O2/c1-3-4-10-8(6)5(9)7-2/h3-4H2,1-2H3,(H,7,9). The molecule has 0 aliphatic heterocycles. The Morgan fingerprint density at radius 1 is 1.80 bits per heavy atom. The zero-order valence-electron chi connectivity index (χ0n) is 6.06. The maximum absolute atomic E-state index is 10.6. The lowest BCUT2D eigenvalue weighted by Gasteiger charge is -2.10. The Kier molecular flexibility index (Phi) is 5.06. The quantitative estimate of drug-likeness (QED) is 0.505. The largest absolute Gasteiger partial charge is 0.356 e. The minimum atomic E-state index is -0.463. The first kappa shape index (κ1) is 9.52. The van der Waals surface area contributed by atoms with Crippen molar-refractivity contribution in [3.63, 3.8) is 0 Å². The lowest BCUT2D eigenvalue weighted by molar-refractivity contribution is -0.0465. The second kappa shape index (κ2) is 5.32. The van der Waals surface area contributed by atoms with Crippen molar-refractivity contribution in [1.29, 1.82) is 0 Å². The summed E-state index contributed by atoms with van der Waals surface area (Å²) in [4.78, 5) is 15.3. The van der Waals surface area contributed by atoms with E-state index in [0.717, 1.165) is 6.42 Å². The molecule has 0 unspecified atom stereocenters. The van der Waals surface area contributed by atoms with Gasteiger partial charge >= 0.3 is 6.03 Å². The molecular weight excluding hydrogens is 156 g/mol. The highest BCUT2D eigenvalue weighted by atomic mass is 35.5. The molecule has 0 heterocycles. The van der Waals surface area contributed by atoms with E-state index in [-0.39, 0.29) is 0 Å². The maximum atomic E-state index is 10.6. The number of amides is 2. The molecule has 0 rings (SSSR count). The molecule has 4 nitrogen and oxygen atoms in total. The van der Waals surface area contributed by atoms with Crippen molar-refractivity contribution < 1.29 is 9.63 Å². The van der Waals surface area contributed by atoms with Gasteiger partial charge in [-0.1, -0.05) is 6.92 Å². The van der Waals surface area contributed by atoms with Crippen molar-refractivity contribution in [2.75, 3.05) is 13.7 Å². The minimum Gasteiger partial charge on any atom is -0.338 e. The number of carbonyl (C=O) groups is 1. The van der Waals surface area contributed by atoms with Crippen molar-refractivity contribution in [3.8, 4) is 0 Å². The summed E-state index contributed by atoms with van der Waals surface area (Å²) in [7, 11) is 1.48. The van der Waals surface area contributed by atoms with Gasteiger partial charge in [-0.05, 0) is 6.42 Å². The minimum absolute atomic E-state index is 0.441. The number of nitrogens with zero attached hydrogens (tertiary/aromatic N) is 1. The molecule has 2 amide bonds. The van der Waals surface area contributed by atoms with E-state index in [9.17, 15) is 4.79 Å². The van der Waals surface area contributed by atoms with Crippen LogP contribution in [-0.2, 0) is 4.84 Å². The van der Waals surface area contributed by atoms with Crippen LogP contribution in [0.5, 0.6) is 0 Å². The van der Waals surface area contributed by atoms with E-state index in [1.54, 1.807) is 0 Å². The fourth-order valence-electron chi connectivity index (χ4n) is 0.318. The van der Waals surface area contributed by atoms with Crippen LogP contribution in [0.25, 0.3) is 0 Å². The van der Waals surface area contributed by atoms with Crippen molar-refractivity contribution >= 4 is 17.8 Å². The molecule has 0 aromatic rings. The third kappa shape index (κ3) is 3.53. The third-order valence-electron chi connectivity index (χ3n) is 0.782. The fraction of sp³-hybridized carbons (Fsp3) is 0.800. The molecule has 0 spiro atoms. The van der Waals surface area contributed by atoms with E-state index < -0.39 is 6.03 Å². The van der Waals surface area contributed by atoms with Gasteiger partial charge in [0.15, 0.2) is 0 Å². The van der Waals surface area contributed by atoms with Gasteiger partial charge in [0.1, 0.15) is 0 Å². The number of urea groups is 1. The first-order valence-electron chi connectivity index (χ1n) is 3.03. The lowest BCUT2D eigenvalue weighted by atomic mass is 10.5. The molecule has 0 fully saturated rings. The molecule has 0 aliphatic carbocycles. The van der Waals surface area contributed by atoms with Crippen molar-refractivity contribution in [2.24, 2.45) is 0 Å². The first-order chi connectivity index (χ1) is 4.72. The van der Waals surface area contributed by atoms with Crippen molar-refractivity contribution in [2.45, 2.75) is 13.3 Å². The van der Waals surface area contributed by atoms with Gasteiger partial charge in [0.05, 0.1) is 6.61 Å². The van der Waals surface area contributed by atoms with Crippen molar-refractivity contribution in [3.05, 3.63) is 0 Å². The van der Waals surface area contributed by atoms with Crippen LogP contribution in [0.2, 0.25) is 0 Å². The van der Waals surface area contributed by atoms with Gasteiger partial charge in [0, 0.05) is 18.8 Å². The number of halogens is 1. The second-order valence-corrected chi connectivity index (χ2v) is 1.94. The molecule has 1 N–H and O–H groups in total. The molecule has 0 bridgehead atoms. The van der Waals surface area contributed by atoms with Crippen LogP contribution < -0.4 is 5.32 Å². The predicted octanol–water partition coefficient (Wildman–Crippen LogP) is 1.12. The Balaban J connectivity index is 3.41. The number of carbonyl (C=O) groups excluding carboxylic acids is 1. The average Bonchev–Trinajstić information content (AvgIpc) is 1.98. The molecule has 0 aliphatic rings. The van der Waals surface area contributed by atoms with Gasteiger partial charge in [0.2, 0.25) is 0 Å². The molecule has 5 heteroatoms. The average molecular weight is 167 g/mol. The zero-order valence-corrected chi connectivity index (χ0v) is 6.81. The number of hydrogen-bond acceptors (Lipinski definition) is 2. The van der Waals surface area contributed by atoms with Crippen LogP contribution in [0.15, 0.2) is 0 Å². The Bertz CT molecular complexity index is 110. The van der Waals surface area contributed by atoms with Gasteiger partial charge < -0.3 is 5.32 Å². The summed E-state index contributed by atoms with van der Waals surface area (Å²) in [6.07, 6.45) is 0.820. The number of hydroxylamine groups is 1. The Labute approximate surface area is 65.2 Å². The van der Waals surface area contributed by atoms with E-state index in [1.165, 1.54) is 7.05 Å². The summed E-state index contributed by atoms with van der Waals surface area (Å²) >= 11 is 5.31. The lowest BCUT2D eigenvalue weighted by Crippen LogP contribution is -2.31. The Morgan fingerprint density at radius 3 is 2.80 bits per heavy atom. The third-order valence-corrected chi connectivity index (χ3v) is 1.03. The summed E-state index contributed by atoms with van der Waals surface area (Å²) in [6, 6.07) is -0.463. The topological polar surface area (TPSA) is 41.6 Å². The maximum Gasteiger partial charge on any atom is 0.356 e. The van der Waals surface area contributed by atoms with Crippen LogP contribution in [0, 0.1) is 0 Å².